The predicted octanol–water partition coefficient (Wildman–Crippen LogP) is 0.436. The summed E-state index contributed by atoms with van der Waals surface area (Å²) < 4.78 is 27.8. The predicted molar refractivity (Wildman–Crippen MR) is 138 cm³/mol. The maximum Gasteiger partial charge on any atom is 0.313 e. The van der Waals surface area contributed by atoms with Gasteiger partial charge in [0.15, 0.2) is 18.3 Å². The molecule has 1 aliphatic rings. The van der Waals surface area contributed by atoms with E-state index in [2.05, 4.69) is 11.9 Å². The lowest BCUT2D eigenvalue weighted by Crippen LogP contribution is -2.61. The van der Waals surface area contributed by atoms with E-state index in [1.54, 1.807) is 18.2 Å². The van der Waals surface area contributed by atoms with E-state index in [1.807, 2.05) is 0 Å². The van der Waals surface area contributed by atoms with Crippen molar-refractivity contribution in [3.8, 4) is 5.75 Å². The van der Waals surface area contributed by atoms with Crippen LogP contribution in [0.15, 0.2) is 30.9 Å². The Labute approximate surface area is 231 Å². The first-order valence-corrected chi connectivity index (χ1v) is 12.7. The van der Waals surface area contributed by atoms with E-state index in [0.29, 0.717) is 11.1 Å². The molecule has 0 bridgehead atoms. The van der Waals surface area contributed by atoms with Crippen molar-refractivity contribution in [3.05, 3.63) is 42.0 Å². The largest absolute Gasteiger partial charge is 0.486 e. The number of esters is 4. The van der Waals surface area contributed by atoms with Crippen molar-refractivity contribution in [2.24, 2.45) is 11.7 Å². The Morgan fingerprint density at radius 1 is 1.02 bits per heavy atom. The first-order chi connectivity index (χ1) is 19.0. The second-order valence-corrected chi connectivity index (χ2v) is 9.05. The van der Waals surface area contributed by atoms with Gasteiger partial charge in [-0.3, -0.25) is 24.0 Å². The Kier molecular flexibility index (Phi) is 12.6. The number of aliphatic hydroxyl groups excluding tert-OH is 1. The normalized spacial score (nSPS) is 21.9. The molecular formula is C27H36N2O11. The summed E-state index contributed by atoms with van der Waals surface area (Å²) >= 11 is 0. The molecule has 0 unspecified atom stereocenters. The molecule has 220 valence electrons. The molecule has 5 atom stereocenters. The minimum absolute atomic E-state index is 0.0151. The number of benzene rings is 1. The molecule has 13 heteroatoms. The van der Waals surface area contributed by atoms with Crippen molar-refractivity contribution >= 4 is 29.8 Å². The summed E-state index contributed by atoms with van der Waals surface area (Å²) in [7, 11) is 0. The molecular weight excluding hydrogens is 528 g/mol. The zero-order valence-corrected chi connectivity index (χ0v) is 22.8. The lowest BCUT2D eigenvalue weighted by atomic mass is 9.80. The number of ether oxygens (including phenoxy) is 5. The van der Waals surface area contributed by atoms with Gasteiger partial charge in [0.05, 0.1) is 6.61 Å². The molecule has 1 saturated carbocycles. The lowest BCUT2D eigenvalue weighted by Gasteiger charge is -2.43. The summed E-state index contributed by atoms with van der Waals surface area (Å²) in [5.41, 5.74) is 6.44. The van der Waals surface area contributed by atoms with Gasteiger partial charge >= 0.3 is 23.9 Å². The van der Waals surface area contributed by atoms with E-state index in [4.69, 9.17) is 29.4 Å². The summed E-state index contributed by atoms with van der Waals surface area (Å²) in [6, 6.07) is 4.75. The van der Waals surface area contributed by atoms with Gasteiger partial charge in [-0.1, -0.05) is 18.7 Å². The van der Waals surface area contributed by atoms with Gasteiger partial charge in [-0.25, -0.2) is 0 Å². The minimum atomic E-state index is -1.42. The van der Waals surface area contributed by atoms with Crippen molar-refractivity contribution in [2.75, 3.05) is 13.2 Å². The third kappa shape index (κ3) is 9.35. The first kappa shape index (κ1) is 32.2. The summed E-state index contributed by atoms with van der Waals surface area (Å²) in [5.74, 6) is -4.30. The molecule has 1 fully saturated rings. The van der Waals surface area contributed by atoms with Gasteiger partial charge in [0, 0.05) is 52.3 Å². The number of aliphatic hydroxyl groups is 1. The third-order valence-electron chi connectivity index (χ3n) is 5.88. The van der Waals surface area contributed by atoms with Crippen LogP contribution in [0.3, 0.4) is 0 Å². The molecule has 1 aromatic rings. The van der Waals surface area contributed by atoms with Crippen LogP contribution in [0.2, 0.25) is 0 Å². The number of carbonyl (C=O) groups excluding carboxylic acids is 5. The number of hydrogen-bond acceptors (Lipinski definition) is 12. The number of nitrogens with two attached hydrogens (primary N) is 1. The Hall–Kier alpha value is -3.97. The van der Waals surface area contributed by atoms with Crippen molar-refractivity contribution in [1.29, 1.82) is 0 Å². The summed E-state index contributed by atoms with van der Waals surface area (Å²) in [5, 5.41) is 12.3. The average Bonchev–Trinajstić information content (AvgIpc) is 2.89. The summed E-state index contributed by atoms with van der Waals surface area (Å²) in [6.07, 6.45) is -3.88. The highest BCUT2D eigenvalue weighted by atomic mass is 16.6. The maximum absolute atomic E-state index is 13.0. The van der Waals surface area contributed by atoms with Crippen molar-refractivity contribution in [1.82, 2.24) is 5.32 Å². The highest BCUT2D eigenvalue weighted by Gasteiger charge is 2.54. The molecule has 13 nitrogen and oxygen atoms in total. The van der Waals surface area contributed by atoms with Gasteiger partial charge < -0.3 is 39.8 Å². The zero-order chi connectivity index (χ0) is 29.8. The fourth-order valence-corrected chi connectivity index (χ4v) is 4.30. The van der Waals surface area contributed by atoms with Crippen LogP contribution in [0, 0.1) is 5.92 Å². The SMILES string of the molecule is C=CCOC(=O)[C@H]1C[C@@H](Oc2ccc(CO)cc2CNC(=O)CCN)[C@H](OC(C)=O)[C@@H](OC(C)=O)[C@@H]1OC(C)=O. The summed E-state index contributed by atoms with van der Waals surface area (Å²) in [6.45, 7) is 6.64. The second kappa shape index (κ2) is 15.6. The smallest absolute Gasteiger partial charge is 0.313 e. The number of nitrogens with one attached hydrogen (secondary N) is 1. The van der Waals surface area contributed by atoms with Crippen LogP contribution in [0.1, 0.15) is 44.7 Å². The topological polar surface area (TPSA) is 190 Å². The van der Waals surface area contributed by atoms with E-state index < -0.39 is 54.2 Å². The monoisotopic (exact) mass is 564 g/mol. The van der Waals surface area contributed by atoms with Crippen LogP contribution >= 0.6 is 0 Å². The van der Waals surface area contributed by atoms with Gasteiger partial charge in [-0.05, 0) is 17.7 Å². The molecule has 0 heterocycles. The minimum Gasteiger partial charge on any atom is -0.486 e. The van der Waals surface area contributed by atoms with Crippen LogP contribution in [-0.2, 0) is 56.1 Å². The highest BCUT2D eigenvalue weighted by molar-refractivity contribution is 5.76. The molecule has 0 spiro atoms. The average molecular weight is 565 g/mol. The first-order valence-electron chi connectivity index (χ1n) is 12.7. The molecule has 0 saturated heterocycles. The molecule has 1 aliphatic carbocycles. The number of hydrogen-bond donors (Lipinski definition) is 3. The summed E-state index contributed by atoms with van der Waals surface area (Å²) in [4.78, 5) is 61.2. The molecule has 4 N–H and O–H groups in total. The zero-order valence-electron chi connectivity index (χ0n) is 22.8. The van der Waals surface area contributed by atoms with Crippen LogP contribution in [0.25, 0.3) is 0 Å². The van der Waals surface area contributed by atoms with E-state index in [1.165, 1.54) is 6.08 Å². The van der Waals surface area contributed by atoms with Crippen LogP contribution in [0.4, 0.5) is 0 Å². The quantitative estimate of drug-likeness (QED) is 0.170. The fraction of sp³-hybridized carbons (Fsp3) is 0.519. The maximum atomic E-state index is 13.0. The van der Waals surface area contributed by atoms with Crippen LogP contribution in [-0.4, -0.2) is 72.5 Å². The molecule has 0 aromatic heterocycles. The van der Waals surface area contributed by atoms with E-state index in [-0.39, 0.29) is 50.8 Å². The number of amides is 1. The van der Waals surface area contributed by atoms with Crippen LogP contribution in [0.5, 0.6) is 5.75 Å². The van der Waals surface area contributed by atoms with Gasteiger partial charge in [-0.2, -0.15) is 0 Å². The Morgan fingerprint density at radius 3 is 2.23 bits per heavy atom. The molecule has 0 aliphatic heterocycles. The van der Waals surface area contributed by atoms with Gasteiger partial charge in [0.2, 0.25) is 5.91 Å². The van der Waals surface area contributed by atoms with E-state index >= 15 is 0 Å². The number of rotatable bonds is 13. The number of carbonyl (C=O) groups is 5. The molecule has 1 aromatic carbocycles. The second-order valence-electron chi connectivity index (χ2n) is 9.05. The van der Waals surface area contributed by atoms with Gasteiger partial charge in [0.1, 0.15) is 24.4 Å². The van der Waals surface area contributed by atoms with Gasteiger partial charge in [0.25, 0.3) is 0 Å². The molecule has 40 heavy (non-hydrogen) atoms. The highest BCUT2D eigenvalue weighted by Crippen LogP contribution is 2.36. The van der Waals surface area contributed by atoms with E-state index in [9.17, 15) is 29.1 Å². The molecule has 1 amide bonds. The van der Waals surface area contributed by atoms with Gasteiger partial charge in [-0.15, -0.1) is 0 Å². The van der Waals surface area contributed by atoms with Crippen molar-refractivity contribution < 1.29 is 52.8 Å². The van der Waals surface area contributed by atoms with E-state index in [0.717, 1.165) is 20.8 Å². The van der Waals surface area contributed by atoms with Crippen LogP contribution < -0.4 is 15.8 Å². The third-order valence-corrected chi connectivity index (χ3v) is 5.88. The van der Waals surface area contributed by atoms with Crippen molar-refractivity contribution in [2.45, 2.75) is 71.2 Å². The Balaban J connectivity index is 2.55. The Morgan fingerprint density at radius 2 is 1.65 bits per heavy atom. The standard InChI is InChI=1S/C27H36N2O11/c1-5-10-36-27(35)20-12-22(25(38-16(3)32)26(39-17(4)33)24(20)37-15(2)31)40-21-7-6-18(14-30)11-19(21)13-29-23(34)8-9-28/h5-7,11,20,22,24-26,30H,1,8-10,12-14,28H2,2-4H3,(H,29,34)/t20-,22+,24+,25-,26-/m0/s1. The lowest BCUT2D eigenvalue weighted by molar-refractivity contribution is -0.213. The molecule has 2 rings (SSSR count). The Bertz CT molecular complexity index is 1090. The van der Waals surface area contributed by atoms with Crippen molar-refractivity contribution in [3.63, 3.8) is 0 Å². The molecule has 0 radical (unpaired) electrons. The fourth-order valence-electron chi connectivity index (χ4n) is 4.30.